The van der Waals surface area contributed by atoms with Crippen LogP contribution in [-0.4, -0.2) is 22.2 Å². The molecule has 0 aliphatic heterocycles. The summed E-state index contributed by atoms with van der Waals surface area (Å²) in [5.41, 5.74) is 2.69. The number of nitrogens with zero attached hydrogens (tertiary/aromatic N) is 2. The molecule has 2 aromatic heterocycles. The fraction of sp³-hybridized carbons (Fsp3) is 0.176. The Morgan fingerprint density at radius 1 is 1.10 bits per heavy atom. The number of rotatable bonds is 4. The smallest absolute Gasteiger partial charge is 0.212 e. The van der Waals surface area contributed by atoms with Crippen LogP contribution in [0.15, 0.2) is 54.9 Å². The Balaban J connectivity index is 1.80. The van der Waals surface area contributed by atoms with Crippen LogP contribution in [0.25, 0.3) is 10.9 Å². The van der Waals surface area contributed by atoms with Crippen LogP contribution in [0.1, 0.15) is 17.2 Å². The second-order valence-electron chi connectivity index (χ2n) is 4.89. The zero-order chi connectivity index (χ0) is 14.7. The molecule has 1 unspecified atom stereocenters. The summed E-state index contributed by atoms with van der Waals surface area (Å²) in [7, 11) is 1.58. The molecule has 4 heteroatoms. The van der Waals surface area contributed by atoms with Gasteiger partial charge in [-0.25, -0.2) is 4.98 Å². The molecule has 0 amide bonds. The van der Waals surface area contributed by atoms with E-state index in [1.165, 1.54) is 0 Å². The summed E-state index contributed by atoms with van der Waals surface area (Å²) in [6, 6.07) is 13.5. The van der Waals surface area contributed by atoms with Crippen molar-refractivity contribution in [3.8, 4) is 5.88 Å². The lowest BCUT2D eigenvalue weighted by molar-refractivity contribution is 0.178. The first kappa shape index (κ1) is 13.5. The molecule has 2 heterocycles. The van der Waals surface area contributed by atoms with Crippen LogP contribution in [-0.2, 0) is 6.42 Å². The molecule has 0 radical (unpaired) electrons. The third kappa shape index (κ3) is 3.01. The van der Waals surface area contributed by atoms with Crippen molar-refractivity contribution >= 4 is 10.9 Å². The Morgan fingerprint density at radius 3 is 2.71 bits per heavy atom. The predicted octanol–water partition coefficient (Wildman–Crippen LogP) is 2.91. The molecule has 4 nitrogen and oxygen atoms in total. The van der Waals surface area contributed by atoms with Crippen molar-refractivity contribution in [2.24, 2.45) is 0 Å². The van der Waals surface area contributed by atoms with Crippen LogP contribution in [0.5, 0.6) is 5.88 Å². The Kier molecular flexibility index (Phi) is 3.79. The van der Waals surface area contributed by atoms with Crippen molar-refractivity contribution in [1.29, 1.82) is 0 Å². The van der Waals surface area contributed by atoms with Crippen LogP contribution >= 0.6 is 0 Å². The van der Waals surface area contributed by atoms with E-state index in [4.69, 9.17) is 4.74 Å². The minimum Gasteiger partial charge on any atom is -0.481 e. The predicted molar refractivity (Wildman–Crippen MR) is 81.2 cm³/mol. The first-order valence-electron chi connectivity index (χ1n) is 6.78. The zero-order valence-electron chi connectivity index (χ0n) is 11.7. The maximum absolute atomic E-state index is 10.4. The quantitative estimate of drug-likeness (QED) is 0.798. The maximum atomic E-state index is 10.4. The largest absolute Gasteiger partial charge is 0.481 e. The van der Waals surface area contributed by atoms with Gasteiger partial charge in [-0.05, 0) is 23.3 Å². The van der Waals surface area contributed by atoms with E-state index in [2.05, 4.69) is 9.97 Å². The molecule has 1 N–H and O–H groups in total. The summed E-state index contributed by atoms with van der Waals surface area (Å²) in [6.45, 7) is 0. The Morgan fingerprint density at radius 2 is 1.95 bits per heavy atom. The van der Waals surface area contributed by atoms with E-state index >= 15 is 0 Å². The Hall–Kier alpha value is -2.46. The van der Waals surface area contributed by atoms with Gasteiger partial charge in [0.05, 0.1) is 18.7 Å². The average Bonchev–Trinajstić information content (AvgIpc) is 2.55. The molecule has 0 saturated carbocycles. The third-order valence-electron chi connectivity index (χ3n) is 3.43. The number of aliphatic hydroxyl groups is 1. The number of para-hydroxylation sites is 1. The lowest BCUT2D eigenvalue weighted by Crippen LogP contribution is -2.03. The standard InChI is InChI=1S/C17H16N2O2/c1-21-17-7-6-12(10-19-17)8-16(20)14-9-13-4-2-3-5-15(13)18-11-14/h2-7,9-11,16,20H,8H2,1H3. The van der Waals surface area contributed by atoms with Gasteiger partial charge < -0.3 is 9.84 Å². The molecule has 3 aromatic rings. The molecule has 106 valence electrons. The van der Waals surface area contributed by atoms with Gasteiger partial charge in [-0.3, -0.25) is 4.98 Å². The fourth-order valence-corrected chi connectivity index (χ4v) is 2.26. The molecule has 0 spiro atoms. The average molecular weight is 280 g/mol. The van der Waals surface area contributed by atoms with Gasteiger partial charge in [-0.1, -0.05) is 24.3 Å². The highest BCUT2D eigenvalue weighted by atomic mass is 16.5. The van der Waals surface area contributed by atoms with Gasteiger partial charge in [0.1, 0.15) is 0 Å². The maximum Gasteiger partial charge on any atom is 0.212 e. The van der Waals surface area contributed by atoms with Crippen LogP contribution in [0.2, 0.25) is 0 Å². The van der Waals surface area contributed by atoms with Crippen LogP contribution in [0.3, 0.4) is 0 Å². The second-order valence-corrected chi connectivity index (χ2v) is 4.89. The molecule has 0 fully saturated rings. The number of benzene rings is 1. The fourth-order valence-electron chi connectivity index (χ4n) is 2.26. The van der Waals surface area contributed by atoms with Crippen molar-refractivity contribution in [2.75, 3.05) is 7.11 Å². The van der Waals surface area contributed by atoms with Crippen molar-refractivity contribution in [3.05, 3.63) is 66.0 Å². The lowest BCUT2D eigenvalue weighted by Gasteiger charge is -2.11. The minimum absolute atomic E-state index is 0.497. The minimum atomic E-state index is -0.600. The molecular weight excluding hydrogens is 264 g/mol. The van der Waals surface area contributed by atoms with Crippen molar-refractivity contribution in [3.63, 3.8) is 0 Å². The molecular formula is C17H16N2O2. The van der Waals surface area contributed by atoms with Crippen LogP contribution in [0, 0.1) is 0 Å². The van der Waals surface area contributed by atoms with E-state index in [0.717, 1.165) is 22.0 Å². The number of hydrogen-bond donors (Lipinski definition) is 1. The summed E-state index contributed by atoms with van der Waals surface area (Å²) >= 11 is 0. The highest BCUT2D eigenvalue weighted by Crippen LogP contribution is 2.21. The Labute approximate surface area is 123 Å². The molecule has 3 rings (SSSR count). The van der Waals surface area contributed by atoms with E-state index in [1.54, 1.807) is 25.6 Å². The van der Waals surface area contributed by atoms with Crippen LogP contribution in [0.4, 0.5) is 0 Å². The number of fused-ring (bicyclic) bond motifs is 1. The van der Waals surface area contributed by atoms with Gasteiger partial charge in [0.25, 0.3) is 0 Å². The number of aliphatic hydroxyl groups excluding tert-OH is 1. The first-order chi connectivity index (χ1) is 10.3. The normalized spacial score (nSPS) is 12.3. The summed E-state index contributed by atoms with van der Waals surface area (Å²) in [5, 5.41) is 11.4. The first-order valence-corrected chi connectivity index (χ1v) is 6.78. The number of pyridine rings is 2. The van der Waals surface area contributed by atoms with Gasteiger partial charge in [-0.2, -0.15) is 0 Å². The topological polar surface area (TPSA) is 55.2 Å². The van der Waals surface area contributed by atoms with Crippen molar-refractivity contribution in [1.82, 2.24) is 9.97 Å². The number of ether oxygens (including phenoxy) is 1. The molecule has 1 aromatic carbocycles. The van der Waals surface area contributed by atoms with Gasteiger partial charge in [0.15, 0.2) is 0 Å². The summed E-state index contributed by atoms with van der Waals surface area (Å²) in [5.74, 6) is 0.570. The molecule has 0 saturated heterocycles. The van der Waals surface area contributed by atoms with E-state index in [-0.39, 0.29) is 0 Å². The lowest BCUT2D eigenvalue weighted by atomic mass is 10.0. The van der Waals surface area contributed by atoms with E-state index in [1.807, 2.05) is 36.4 Å². The van der Waals surface area contributed by atoms with E-state index < -0.39 is 6.10 Å². The van der Waals surface area contributed by atoms with Crippen molar-refractivity contribution < 1.29 is 9.84 Å². The van der Waals surface area contributed by atoms with Gasteiger partial charge in [-0.15, -0.1) is 0 Å². The van der Waals surface area contributed by atoms with E-state index in [9.17, 15) is 5.11 Å². The SMILES string of the molecule is COc1ccc(CC(O)c2cnc3ccccc3c2)cn1. The molecule has 0 bridgehead atoms. The monoisotopic (exact) mass is 280 g/mol. The molecule has 0 aliphatic rings. The second kappa shape index (κ2) is 5.89. The third-order valence-corrected chi connectivity index (χ3v) is 3.43. The number of hydrogen-bond acceptors (Lipinski definition) is 4. The molecule has 21 heavy (non-hydrogen) atoms. The van der Waals surface area contributed by atoms with Crippen molar-refractivity contribution in [2.45, 2.75) is 12.5 Å². The summed E-state index contributed by atoms with van der Waals surface area (Å²) in [4.78, 5) is 8.52. The van der Waals surface area contributed by atoms with Crippen LogP contribution < -0.4 is 4.74 Å². The highest BCUT2D eigenvalue weighted by molar-refractivity contribution is 5.78. The van der Waals surface area contributed by atoms with Gasteiger partial charge in [0, 0.05) is 30.3 Å². The molecule has 0 aliphatic carbocycles. The van der Waals surface area contributed by atoms with E-state index in [0.29, 0.717) is 12.3 Å². The Bertz CT molecular complexity index is 741. The molecule has 1 atom stereocenters. The van der Waals surface area contributed by atoms with Gasteiger partial charge in [0.2, 0.25) is 5.88 Å². The highest BCUT2D eigenvalue weighted by Gasteiger charge is 2.10. The zero-order valence-corrected chi connectivity index (χ0v) is 11.7. The summed E-state index contributed by atoms with van der Waals surface area (Å²) < 4.78 is 5.02. The number of methoxy groups -OCH3 is 1. The van der Waals surface area contributed by atoms with Gasteiger partial charge >= 0.3 is 0 Å². The summed E-state index contributed by atoms with van der Waals surface area (Å²) in [6.07, 6.45) is 3.34. The number of aromatic nitrogens is 2.